The monoisotopic (exact) mass is 121 g/mol. The Morgan fingerprint density at radius 2 is 1.89 bits per heavy atom. The van der Waals surface area contributed by atoms with E-state index in [2.05, 4.69) is 6.08 Å². The molecule has 0 nitrogen and oxygen atoms in total. The molecule has 2 rings (SSSR count). The van der Waals surface area contributed by atoms with Crippen LogP contribution in [0.4, 0.5) is 0 Å². The number of hydrogen-bond donors (Lipinski definition) is 0. The molecule has 0 heterocycles. The summed E-state index contributed by atoms with van der Waals surface area (Å²) in [4.78, 5) is 0. The largest absolute Gasteiger partial charge is 0.0633 e. The van der Waals surface area contributed by atoms with Gasteiger partial charge in [0, 0.05) is 0 Å². The lowest BCUT2D eigenvalue weighted by molar-refractivity contribution is 0.572. The van der Waals surface area contributed by atoms with Crippen LogP contribution in [0.25, 0.3) is 0 Å². The van der Waals surface area contributed by atoms with E-state index in [-0.39, 0.29) is 0 Å². The molecule has 49 valence electrons. The Balaban J connectivity index is 1.96. The smallest absolute Gasteiger partial charge is 0.0197 e. The molecule has 0 heteroatoms. The summed E-state index contributed by atoms with van der Waals surface area (Å²) in [6.45, 7) is 0. The van der Waals surface area contributed by atoms with Crippen LogP contribution < -0.4 is 0 Å². The summed E-state index contributed by atoms with van der Waals surface area (Å²) in [6, 6.07) is 0. The van der Waals surface area contributed by atoms with Gasteiger partial charge in [-0.3, -0.25) is 0 Å². The highest BCUT2D eigenvalue weighted by atomic mass is 14.3. The van der Waals surface area contributed by atoms with E-state index >= 15 is 0 Å². The molecule has 0 bridgehead atoms. The Morgan fingerprint density at radius 1 is 1.22 bits per heavy atom. The van der Waals surface area contributed by atoms with Crippen molar-refractivity contribution in [1.29, 1.82) is 0 Å². The van der Waals surface area contributed by atoms with Crippen LogP contribution in [-0.4, -0.2) is 0 Å². The molecular formula is C9H13. The molecule has 0 saturated heterocycles. The highest BCUT2D eigenvalue weighted by Crippen LogP contribution is 2.36. The average molecular weight is 121 g/mol. The Hall–Kier alpha value is -0.260. The topological polar surface area (TPSA) is 0 Å². The molecule has 0 unspecified atom stereocenters. The van der Waals surface area contributed by atoms with Crippen molar-refractivity contribution in [2.45, 2.75) is 38.5 Å². The molecule has 0 aromatic carbocycles. The molecule has 0 spiro atoms. The fourth-order valence-electron chi connectivity index (χ4n) is 1.89. The number of rotatable bonds is 1. The van der Waals surface area contributed by atoms with Gasteiger partial charge in [0.05, 0.1) is 0 Å². The van der Waals surface area contributed by atoms with Crippen molar-refractivity contribution in [3.8, 4) is 0 Å². The molecule has 0 aromatic heterocycles. The first-order chi connectivity index (χ1) is 4.47. The third-order valence-electron chi connectivity index (χ3n) is 2.59. The van der Waals surface area contributed by atoms with E-state index in [0.717, 1.165) is 5.92 Å². The lowest BCUT2D eigenvalue weighted by Gasteiger charge is -2.19. The van der Waals surface area contributed by atoms with Crippen molar-refractivity contribution >= 4 is 0 Å². The van der Waals surface area contributed by atoms with Crippen LogP contribution >= 0.6 is 0 Å². The standard InChI is InChI=1S/C9H13/c1-2-5-8(4-1)9-6-3-7-9/h8H,1-6H2. The Bertz CT molecular complexity index is 127. The van der Waals surface area contributed by atoms with Gasteiger partial charge < -0.3 is 0 Å². The molecule has 0 amide bonds. The van der Waals surface area contributed by atoms with Gasteiger partial charge in [-0.2, -0.15) is 0 Å². The van der Waals surface area contributed by atoms with Crippen LogP contribution in [0, 0.1) is 12.0 Å². The Labute approximate surface area is 57.0 Å². The van der Waals surface area contributed by atoms with Gasteiger partial charge in [-0.1, -0.05) is 18.4 Å². The fourth-order valence-corrected chi connectivity index (χ4v) is 1.89. The maximum Gasteiger partial charge on any atom is -0.0197 e. The number of hydrogen-bond acceptors (Lipinski definition) is 0. The third-order valence-corrected chi connectivity index (χ3v) is 2.59. The zero-order chi connectivity index (χ0) is 6.10. The third kappa shape index (κ3) is 0.910. The minimum Gasteiger partial charge on any atom is -0.0633 e. The van der Waals surface area contributed by atoms with Crippen LogP contribution in [0.2, 0.25) is 0 Å². The SMILES string of the molecule is [C]1=C(C2CCCC2)CC1. The van der Waals surface area contributed by atoms with Gasteiger partial charge in [-0.25, -0.2) is 0 Å². The second kappa shape index (κ2) is 2.17. The zero-order valence-electron chi connectivity index (χ0n) is 5.82. The van der Waals surface area contributed by atoms with Crippen LogP contribution in [0.1, 0.15) is 38.5 Å². The highest BCUT2D eigenvalue weighted by Gasteiger charge is 2.21. The minimum atomic E-state index is 0.971. The molecule has 2 aliphatic rings. The molecular weight excluding hydrogens is 108 g/mol. The molecule has 0 aliphatic heterocycles. The molecule has 1 fully saturated rings. The maximum atomic E-state index is 3.40. The second-order valence-corrected chi connectivity index (χ2v) is 3.18. The van der Waals surface area contributed by atoms with Crippen LogP contribution in [0.3, 0.4) is 0 Å². The average Bonchev–Trinajstić information content (AvgIpc) is 2.11. The summed E-state index contributed by atoms with van der Waals surface area (Å²) in [5.41, 5.74) is 1.66. The fraction of sp³-hybridized carbons (Fsp3) is 0.778. The van der Waals surface area contributed by atoms with Gasteiger partial charge in [0.1, 0.15) is 0 Å². The molecule has 0 aromatic rings. The lowest BCUT2D eigenvalue weighted by Crippen LogP contribution is -2.05. The molecule has 0 N–H and O–H groups in total. The quantitative estimate of drug-likeness (QED) is 0.500. The predicted molar refractivity (Wildman–Crippen MR) is 37.9 cm³/mol. The van der Waals surface area contributed by atoms with E-state index in [0.29, 0.717) is 0 Å². The Kier molecular flexibility index (Phi) is 1.33. The summed E-state index contributed by atoms with van der Waals surface area (Å²) in [7, 11) is 0. The first-order valence-corrected chi connectivity index (χ1v) is 4.06. The van der Waals surface area contributed by atoms with E-state index in [9.17, 15) is 0 Å². The van der Waals surface area contributed by atoms with E-state index in [1.165, 1.54) is 38.5 Å². The van der Waals surface area contributed by atoms with Gasteiger partial charge in [0.2, 0.25) is 0 Å². The number of allylic oxidation sites excluding steroid dienone is 2. The van der Waals surface area contributed by atoms with E-state index in [4.69, 9.17) is 0 Å². The second-order valence-electron chi connectivity index (χ2n) is 3.18. The van der Waals surface area contributed by atoms with Crippen molar-refractivity contribution in [3.63, 3.8) is 0 Å². The first kappa shape index (κ1) is 5.52. The van der Waals surface area contributed by atoms with Crippen LogP contribution in [0.15, 0.2) is 5.57 Å². The van der Waals surface area contributed by atoms with Crippen LogP contribution in [-0.2, 0) is 0 Å². The summed E-state index contributed by atoms with van der Waals surface area (Å²) in [5.74, 6) is 0.971. The van der Waals surface area contributed by atoms with Gasteiger partial charge >= 0.3 is 0 Å². The molecule has 2 aliphatic carbocycles. The van der Waals surface area contributed by atoms with Crippen molar-refractivity contribution in [2.75, 3.05) is 0 Å². The Morgan fingerprint density at radius 3 is 2.33 bits per heavy atom. The van der Waals surface area contributed by atoms with E-state index < -0.39 is 0 Å². The van der Waals surface area contributed by atoms with Crippen molar-refractivity contribution < 1.29 is 0 Å². The normalized spacial score (nSPS) is 27.8. The zero-order valence-corrected chi connectivity index (χ0v) is 5.82. The van der Waals surface area contributed by atoms with Gasteiger partial charge in [0.15, 0.2) is 0 Å². The summed E-state index contributed by atoms with van der Waals surface area (Å²) < 4.78 is 0. The molecule has 1 saturated carbocycles. The summed E-state index contributed by atoms with van der Waals surface area (Å²) >= 11 is 0. The predicted octanol–water partition coefficient (Wildman–Crippen LogP) is 2.70. The summed E-state index contributed by atoms with van der Waals surface area (Å²) in [6.07, 6.45) is 11.9. The molecule has 0 atom stereocenters. The highest BCUT2D eigenvalue weighted by molar-refractivity contribution is 5.11. The minimum absolute atomic E-state index is 0.971. The van der Waals surface area contributed by atoms with E-state index in [1.807, 2.05) is 0 Å². The van der Waals surface area contributed by atoms with E-state index in [1.54, 1.807) is 5.57 Å². The molecule has 9 heavy (non-hydrogen) atoms. The van der Waals surface area contributed by atoms with Crippen molar-refractivity contribution in [3.05, 3.63) is 11.6 Å². The van der Waals surface area contributed by atoms with Crippen molar-refractivity contribution in [2.24, 2.45) is 5.92 Å². The first-order valence-electron chi connectivity index (χ1n) is 4.06. The van der Waals surface area contributed by atoms with Gasteiger partial charge in [-0.05, 0) is 37.7 Å². The lowest BCUT2D eigenvalue weighted by atomic mass is 9.86. The van der Waals surface area contributed by atoms with Gasteiger partial charge in [-0.15, -0.1) is 0 Å². The molecule has 1 radical (unpaired) electrons. The summed E-state index contributed by atoms with van der Waals surface area (Å²) in [5, 5.41) is 0. The van der Waals surface area contributed by atoms with Crippen LogP contribution in [0.5, 0.6) is 0 Å². The van der Waals surface area contributed by atoms with Crippen molar-refractivity contribution in [1.82, 2.24) is 0 Å². The maximum absolute atomic E-state index is 3.40. The van der Waals surface area contributed by atoms with Gasteiger partial charge in [0.25, 0.3) is 0 Å².